The number of benzene rings is 2. The highest BCUT2D eigenvalue weighted by atomic mass is 32.2. The molecule has 0 fully saturated rings. The van der Waals surface area contributed by atoms with E-state index >= 15 is 0 Å². The van der Waals surface area contributed by atoms with Gasteiger partial charge in [0, 0.05) is 26.1 Å². The van der Waals surface area contributed by atoms with Crippen molar-refractivity contribution in [2.24, 2.45) is 0 Å². The Morgan fingerprint density at radius 3 is 2.35 bits per heavy atom. The Kier molecular flexibility index (Phi) is 10.9. The van der Waals surface area contributed by atoms with Crippen LogP contribution in [-0.2, 0) is 32.6 Å². The maximum absolute atomic E-state index is 13.3. The second-order valence-electron chi connectivity index (χ2n) is 9.48. The van der Waals surface area contributed by atoms with Gasteiger partial charge in [0.05, 0.1) is 4.90 Å². The van der Waals surface area contributed by atoms with Crippen molar-refractivity contribution in [2.45, 2.75) is 76.3 Å². The summed E-state index contributed by atoms with van der Waals surface area (Å²) in [5.41, 5.74) is 3.22. The molecule has 1 aliphatic carbocycles. The molecule has 0 spiro atoms. The van der Waals surface area contributed by atoms with Gasteiger partial charge in [0.2, 0.25) is 21.8 Å². The number of allylic oxidation sites excluding steroid dienone is 1. The van der Waals surface area contributed by atoms with Gasteiger partial charge in [-0.3, -0.25) is 9.59 Å². The molecule has 0 aromatic heterocycles. The third kappa shape index (κ3) is 8.83. The lowest BCUT2D eigenvalue weighted by Gasteiger charge is -2.29. The van der Waals surface area contributed by atoms with Crippen LogP contribution in [0.15, 0.2) is 71.1 Å². The van der Waals surface area contributed by atoms with Gasteiger partial charge in [0.15, 0.2) is 0 Å². The number of nitrogens with one attached hydrogen (secondary N) is 2. The van der Waals surface area contributed by atoms with E-state index in [4.69, 9.17) is 0 Å². The normalized spacial score (nSPS) is 14.5. The molecule has 2 aromatic rings. The maximum Gasteiger partial charge on any atom is 0.242 e. The molecule has 0 unspecified atom stereocenters. The Balaban J connectivity index is 1.62. The van der Waals surface area contributed by atoms with Crippen LogP contribution in [0.2, 0.25) is 0 Å². The van der Waals surface area contributed by atoms with Crippen molar-refractivity contribution >= 4 is 21.8 Å². The number of amides is 2. The van der Waals surface area contributed by atoms with Crippen molar-refractivity contribution < 1.29 is 18.0 Å². The zero-order chi connectivity index (χ0) is 26.7. The number of carbonyl (C=O) groups excluding carboxylic acids is 2. The maximum atomic E-state index is 13.3. The standard InChI is InChI=1S/C29H39N3O4S/c1-3-31-37(35,36)27-17-14-25(15-18-27)16-19-28(33)32(22-26-12-8-5-9-13-26)23(2)29(34)30-21-20-24-10-6-4-7-11-24/h5,8-10,12-15,17-18,23,31H,3-4,6-7,11,16,19-22H2,1-2H3,(H,30,34)/t23-/m1/s1. The Hall–Kier alpha value is -2.97. The average molecular weight is 526 g/mol. The van der Waals surface area contributed by atoms with E-state index in [0.29, 0.717) is 26.1 Å². The van der Waals surface area contributed by atoms with Gasteiger partial charge in [-0.15, -0.1) is 0 Å². The summed E-state index contributed by atoms with van der Waals surface area (Å²) < 4.78 is 26.8. The molecule has 200 valence electrons. The van der Waals surface area contributed by atoms with Gasteiger partial charge in [-0.25, -0.2) is 13.1 Å². The number of hydrogen-bond acceptors (Lipinski definition) is 4. The number of rotatable bonds is 13. The van der Waals surface area contributed by atoms with E-state index in [1.165, 1.54) is 18.4 Å². The van der Waals surface area contributed by atoms with Crippen LogP contribution in [0.5, 0.6) is 0 Å². The third-order valence-corrected chi connectivity index (χ3v) is 8.25. The number of aryl methyl sites for hydroxylation is 1. The minimum atomic E-state index is -3.52. The van der Waals surface area contributed by atoms with Gasteiger partial charge in [0.1, 0.15) is 6.04 Å². The highest BCUT2D eigenvalue weighted by molar-refractivity contribution is 7.89. The second kappa shape index (κ2) is 14.1. The van der Waals surface area contributed by atoms with E-state index in [9.17, 15) is 18.0 Å². The van der Waals surface area contributed by atoms with E-state index in [1.807, 2.05) is 30.3 Å². The van der Waals surface area contributed by atoms with Crippen molar-refractivity contribution in [1.29, 1.82) is 0 Å². The molecule has 0 bridgehead atoms. The topological polar surface area (TPSA) is 95.6 Å². The van der Waals surface area contributed by atoms with Crippen LogP contribution in [0.25, 0.3) is 0 Å². The highest BCUT2D eigenvalue weighted by Crippen LogP contribution is 2.20. The Morgan fingerprint density at radius 2 is 1.70 bits per heavy atom. The fourth-order valence-corrected chi connectivity index (χ4v) is 5.53. The Labute approximate surface area is 221 Å². The summed E-state index contributed by atoms with van der Waals surface area (Å²) in [7, 11) is -3.52. The lowest BCUT2D eigenvalue weighted by Crippen LogP contribution is -2.47. The molecule has 2 aromatic carbocycles. The molecule has 1 atom stereocenters. The van der Waals surface area contributed by atoms with E-state index in [2.05, 4.69) is 16.1 Å². The van der Waals surface area contributed by atoms with Gasteiger partial charge in [-0.05, 0) is 68.7 Å². The predicted molar refractivity (Wildman–Crippen MR) is 146 cm³/mol. The monoisotopic (exact) mass is 525 g/mol. The van der Waals surface area contributed by atoms with Crippen LogP contribution in [0, 0.1) is 0 Å². The van der Waals surface area contributed by atoms with E-state index in [0.717, 1.165) is 30.4 Å². The molecule has 8 heteroatoms. The largest absolute Gasteiger partial charge is 0.354 e. The molecule has 2 N–H and O–H groups in total. The molecule has 0 radical (unpaired) electrons. The number of sulfonamides is 1. The molecule has 3 rings (SSSR count). The lowest BCUT2D eigenvalue weighted by atomic mass is 9.97. The van der Waals surface area contributed by atoms with Gasteiger partial charge in [-0.2, -0.15) is 0 Å². The molecule has 0 heterocycles. The van der Waals surface area contributed by atoms with E-state index in [-0.39, 0.29) is 23.1 Å². The smallest absolute Gasteiger partial charge is 0.242 e. The Bertz CT molecular complexity index is 1160. The minimum Gasteiger partial charge on any atom is -0.354 e. The SMILES string of the molecule is CCNS(=O)(=O)c1ccc(CCC(=O)N(Cc2ccccc2)[C@H](C)C(=O)NCCC2=CCCCC2)cc1. The van der Waals surface area contributed by atoms with Crippen LogP contribution in [0.1, 0.15) is 63.5 Å². The Morgan fingerprint density at radius 1 is 0.973 bits per heavy atom. The highest BCUT2D eigenvalue weighted by Gasteiger charge is 2.26. The average Bonchev–Trinajstić information content (AvgIpc) is 2.91. The molecule has 0 saturated carbocycles. The van der Waals surface area contributed by atoms with Crippen molar-refractivity contribution in [2.75, 3.05) is 13.1 Å². The molecule has 0 aliphatic heterocycles. The van der Waals surface area contributed by atoms with Crippen LogP contribution < -0.4 is 10.0 Å². The lowest BCUT2D eigenvalue weighted by molar-refractivity contribution is -0.140. The van der Waals surface area contributed by atoms with Gasteiger partial charge in [-0.1, -0.05) is 61.0 Å². The van der Waals surface area contributed by atoms with Crippen molar-refractivity contribution in [3.63, 3.8) is 0 Å². The summed E-state index contributed by atoms with van der Waals surface area (Å²) in [4.78, 5) is 28.2. The zero-order valence-corrected chi connectivity index (χ0v) is 22.7. The van der Waals surface area contributed by atoms with Crippen LogP contribution in [0.3, 0.4) is 0 Å². The van der Waals surface area contributed by atoms with Crippen molar-refractivity contribution in [3.05, 3.63) is 77.4 Å². The summed E-state index contributed by atoms with van der Waals surface area (Å²) in [5.74, 6) is -0.274. The first-order chi connectivity index (χ1) is 17.8. The summed E-state index contributed by atoms with van der Waals surface area (Å²) in [6.45, 7) is 4.74. The molecule has 37 heavy (non-hydrogen) atoms. The summed E-state index contributed by atoms with van der Waals surface area (Å²) in [5, 5.41) is 3.02. The molecule has 7 nitrogen and oxygen atoms in total. The second-order valence-corrected chi connectivity index (χ2v) is 11.2. The quantitative estimate of drug-likeness (QED) is 0.380. The van der Waals surface area contributed by atoms with Crippen LogP contribution in [-0.4, -0.2) is 44.3 Å². The molecule has 1 aliphatic rings. The van der Waals surface area contributed by atoms with E-state index < -0.39 is 16.1 Å². The first kappa shape index (κ1) is 28.6. The molecule has 0 saturated heterocycles. The fourth-order valence-electron chi connectivity index (χ4n) is 4.49. The fraction of sp³-hybridized carbons (Fsp3) is 0.448. The first-order valence-electron chi connectivity index (χ1n) is 13.2. The summed E-state index contributed by atoms with van der Waals surface area (Å²) in [6, 6.07) is 15.6. The predicted octanol–water partition coefficient (Wildman–Crippen LogP) is 4.34. The van der Waals surface area contributed by atoms with Crippen molar-refractivity contribution in [1.82, 2.24) is 14.9 Å². The van der Waals surface area contributed by atoms with Crippen LogP contribution in [0.4, 0.5) is 0 Å². The van der Waals surface area contributed by atoms with E-state index in [1.54, 1.807) is 43.0 Å². The van der Waals surface area contributed by atoms with Gasteiger partial charge < -0.3 is 10.2 Å². The summed E-state index contributed by atoms with van der Waals surface area (Å²) in [6.07, 6.45) is 8.48. The van der Waals surface area contributed by atoms with Gasteiger partial charge >= 0.3 is 0 Å². The van der Waals surface area contributed by atoms with Crippen molar-refractivity contribution in [3.8, 4) is 0 Å². The first-order valence-corrected chi connectivity index (χ1v) is 14.7. The molecular formula is C29H39N3O4S. The number of nitrogens with zero attached hydrogens (tertiary/aromatic N) is 1. The third-order valence-electron chi connectivity index (χ3n) is 6.69. The molecular weight excluding hydrogens is 486 g/mol. The van der Waals surface area contributed by atoms with Crippen LogP contribution >= 0.6 is 0 Å². The summed E-state index contributed by atoms with van der Waals surface area (Å²) >= 11 is 0. The molecule has 2 amide bonds. The minimum absolute atomic E-state index is 0.120. The zero-order valence-electron chi connectivity index (χ0n) is 21.9. The number of carbonyl (C=O) groups is 2. The van der Waals surface area contributed by atoms with Gasteiger partial charge in [0.25, 0.3) is 0 Å². The number of hydrogen-bond donors (Lipinski definition) is 2.